The smallest absolute Gasteiger partial charge is 0.228 e. The minimum Gasteiger partial charge on any atom is -0.389 e. The van der Waals surface area contributed by atoms with Gasteiger partial charge >= 0.3 is 0 Å². The number of aliphatic hydroxyl groups excluding tert-OH is 1. The zero-order valence-electron chi connectivity index (χ0n) is 21.1. The van der Waals surface area contributed by atoms with Crippen molar-refractivity contribution >= 4 is 40.2 Å². The van der Waals surface area contributed by atoms with Gasteiger partial charge in [0, 0.05) is 49.4 Å². The fourth-order valence-corrected chi connectivity index (χ4v) is 4.97. The van der Waals surface area contributed by atoms with Crippen molar-refractivity contribution < 1.29 is 14.3 Å². The molecule has 2 saturated heterocycles. The van der Waals surface area contributed by atoms with Crippen molar-refractivity contribution in [2.75, 3.05) is 34.8 Å². The molecule has 3 aromatic heterocycles. The molecule has 192 valence electrons. The Kier molecular flexibility index (Phi) is 6.27. The second-order valence-electron chi connectivity index (χ2n) is 10.5. The van der Waals surface area contributed by atoms with Crippen molar-refractivity contribution in [3.05, 3.63) is 24.5 Å². The number of halogens is 1. The third kappa shape index (κ3) is 4.36. The Balaban J connectivity index is 1.44. The first-order valence-electron chi connectivity index (χ1n) is 12.5. The van der Waals surface area contributed by atoms with Crippen molar-refractivity contribution in [1.29, 1.82) is 0 Å². The lowest BCUT2D eigenvalue weighted by Gasteiger charge is -2.43. The van der Waals surface area contributed by atoms with Crippen LogP contribution in [-0.4, -0.2) is 67.7 Å². The van der Waals surface area contributed by atoms with Crippen LogP contribution < -0.4 is 15.1 Å². The Bertz CT molecular complexity index is 1280. The second-order valence-corrected chi connectivity index (χ2v) is 10.5. The monoisotopic (exact) mass is 496 g/mol. The molecule has 5 heterocycles. The van der Waals surface area contributed by atoms with Gasteiger partial charge in [-0.15, -0.1) is 0 Å². The standard InChI is InChI=1S/C25H33FN8O2/c1-5-15(2)34-18-11-20(28-12-16(18)23(31-34)33-10-6-7-21(33)35)29-19-8-9-27-24(30-19)32-13-17(26)22(36)25(3,4)14-32/h8-9,11-12,15,17,22,36H,5-7,10,13-14H2,1-4H3,(H,27,28,29,30). The van der Waals surface area contributed by atoms with Gasteiger partial charge < -0.3 is 15.3 Å². The number of piperidine rings is 1. The van der Waals surface area contributed by atoms with Crippen molar-refractivity contribution in [3.8, 4) is 0 Å². The molecule has 36 heavy (non-hydrogen) atoms. The third-order valence-corrected chi connectivity index (χ3v) is 7.23. The van der Waals surface area contributed by atoms with E-state index in [0.717, 1.165) is 23.7 Å². The summed E-state index contributed by atoms with van der Waals surface area (Å²) in [5.41, 5.74) is 0.262. The number of nitrogens with zero attached hydrogens (tertiary/aromatic N) is 7. The van der Waals surface area contributed by atoms with Crippen LogP contribution in [0.1, 0.15) is 53.0 Å². The number of carbonyl (C=O) groups is 1. The van der Waals surface area contributed by atoms with Crippen LogP contribution in [0.5, 0.6) is 0 Å². The fraction of sp³-hybridized carbons (Fsp3) is 0.560. The normalized spacial score (nSPS) is 22.9. The summed E-state index contributed by atoms with van der Waals surface area (Å²) < 4.78 is 16.4. The third-order valence-electron chi connectivity index (χ3n) is 7.23. The maximum atomic E-state index is 14.5. The van der Waals surface area contributed by atoms with E-state index in [1.54, 1.807) is 28.3 Å². The molecule has 5 rings (SSSR count). The molecule has 2 N–H and O–H groups in total. The minimum atomic E-state index is -1.38. The summed E-state index contributed by atoms with van der Waals surface area (Å²) in [6, 6.07) is 3.79. The van der Waals surface area contributed by atoms with Crippen LogP contribution in [0.15, 0.2) is 24.5 Å². The lowest BCUT2D eigenvalue weighted by molar-refractivity contribution is -0.117. The van der Waals surface area contributed by atoms with E-state index in [-0.39, 0.29) is 18.5 Å². The molecule has 0 radical (unpaired) electrons. The first-order valence-corrected chi connectivity index (χ1v) is 12.5. The molecule has 1 amide bonds. The maximum Gasteiger partial charge on any atom is 0.228 e. The molecule has 0 aromatic carbocycles. The van der Waals surface area contributed by atoms with Crippen molar-refractivity contribution in [3.63, 3.8) is 0 Å². The molecule has 0 spiro atoms. The molecule has 3 aromatic rings. The summed E-state index contributed by atoms with van der Waals surface area (Å²) in [6.07, 6.45) is 3.22. The van der Waals surface area contributed by atoms with Crippen LogP contribution in [0.3, 0.4) is 0 Å². The largest absolute Gasteiger partial charge is 0.389 e. The van der Waals surface area contributed by atoms with Gasteiger partial charge in [0.1, 0.15) is 17.8 Å². The summed E-state index contributed by atoms with van der Waals surface area (Å²) in [6.45, 7) is 9.01. The molecule has 2 fully saturated rings. The molecule has 2 aliphatic heterocycles. The fourth-order valence-electron chi connectivity index (χ4n) is 4.97. The Hall–Kier alpha value is -3.34. The number of anilines is 4. The molecular weight excluding hydrogens is 463 g/mol. The lowest BCUT2D eigenvalue weighted by atomic mass is 9.80. The predicted molar refractivity (Wildman–Crippen MR) is 136 cm³/mol. The highest BCUT2D eigenvalue weighted by Gasteiger charge is 2.42. The highest BCUT2D eigenvalue weighted by molar-refractivity contribution is 6.03. The number of alkyl halides is 1. The average molecular weight is 497 g/mol. The van der Waals surface area contributed by atoms with E-state index in [2.05, 4.69) is 34.1 Å². The number of carbonyl (C=O) groups excluding carboxylic acids is 1. The van der Waals surface area contributed by atoms with E-state index in [1.165, 1.54) is 0 Å². The average Bonchev–Trinajstić information content (AvgIpc) is 3.44. The van der Waals surface area contributed by atoms with E-state index in [0.29, 0.717) is 42.9 Å². The SMILES string of the molecule is CCC(C)n1nc(N2CCCC2=O)c2cnc(Nc3ccnc(N4CC(F)C(O)C(C)(C)C4)n3)cc21. The first-order chi connectivity index (χ1) is 17.2. The van der Waals surface area contributed by atoms with Gasteiger partial charge in [0.25, 0.3) is 0 Å². The van der Waals surface area contributed by atoms with E-state index in [9.17, 15) is 14.3 Å². The van der Waals surface area contributed by atoms with Gasteiger partial charge in [0.05, 0.1) is 23.6 Å². The zero-order valence-corrected chi connectivity index (χ0v) is 21.1. The number of hydrogen-bond donors (Lipinski definition) is 2. The number of fused-ring (bicyclic) bond motifs is 1. The van der Waals surface area contributed by atoms with Gasteiger partial charge in [0.2, 0.25) is 11.9 Å². The van der Waals surface area contributed by atoms with Crippen molar-refractivity contribution in [2.45, 2.75) is 65.3 Å². The molecule has 11 heteroatoms. The Morgan fingerprint density at radius 2 is 2.11 bits per heavy atom. The van der Waals surface area contributed by atoms with Crippen LogP contribution in [0.2, 0.25) is 0 Å². The van der Waals surface area contributed by atoms with Gasteiger partial charge in [-0.3, -0.25) is 14.4 Å². The maximum absolute atomic E-state index is 14.5. The molecule has 3 atom stereocenters. The number of pyridine rings is 1. The van der Waals surface area contributed by atoms with Crippen LogP contribution in [-0.2, 0) is 4.79 Å². The number of rotatable bonds is 6. The summed E-state index contributed by atoms with van der Waals surface area (Å²) in [7, 11) is 0. The summed E-state index contributed by atoms with van der Waals surface area (Å²) in [5, 5.41) is 19.1. The Labute approximate surface area is 209 Å². The number of nitrogens with one attached hydrogen (secondary N) is 1. The van der Waals surface area contributed by atoms with Crippen LogP contribution >= 0.6 is 0 Å². The van der Waals surface area contributed by atoms with Gasteiger partial charge in [-0.25, -0.2) is 14.4 Å². The van der Waals surface area contributed by atoms with Crippen LogP contribution in [0.25, 0.3) is 10.9 Å². The van der Waals surface area contributed by atoms with Crippen LogP contribution in [0.4, 0.5) is 27.8 Å². The van der Waals surface area contributed by atoms with Gasteiger partial charge in [-0.1, -0.05) is 20.8 Å². The molecule has 0 saturated carbocycles. The van der Waals surface area contributed by atoms with Gasteiger partial charge in [0.15, 0.2) is 5.82 Å². The first kappa shape index (κ1) is 24.4. The van der Waals surface area contributed by atoms with Gasteiger partial charge in [-0.05, 0) is 25.8 Å². The van der Waals surface area contributed by atoms with Gasteiger partial charge in [-0.2, -0.15) is 10.1 Å². The van der Waals surface area contributed by atoms with E-state index in [1.807, 2.05) is 24.6 Å². The quantitative estimate of drug-likeness (QED) is 0.532. The number of aliphatic hydroxyl groups is 1. The Morgan fingerprint density at radius 1 is 1.31 bits per heavy atom. The number of aromatic nitrogens is 5. The van der Waals surface area contributed by atoms with E-state index < -0.39 is 17.7 Å². The minimum absolute atomic E-state index is 0.0321. The highest BCUT2D eigenvalue weighted by Crippen LogP contribution is 2.34. The topological polar surface area (TPSA) is 112 Å². The summed E-state index contributed by atoms with van der Waals surface area (Å²) in [4.78, 5) is 29.4. The summed E-state index contributed by atoms with van der Waals surface area (Å²) >= 11 is 0. The molecular formula is C25H33FN8O2. The Morgan fingerprint density at radius 3 is 2.81 bits per heavy atom. The van der Waals surface area contributed by atoms with E-state index >= 15 is 0 Å². The zero-order chi connectivity index (χ0) is 25.6. The van der Waals surface area contributed by atoms with E-state index in [4.69, 9.17) is 5.10 Å². The molecule has 0 bridgehead atoms. The predicted octanol–water partition coefficient (Wildman–Crippen LogP) is 3.61. The molecule has 2 aliphatic rings. The van der Waals surface area contributed by atoms with Crippen molar-refractivity contribution in [1.82, 2.24) is 24.7 Å². The number of amides is 1. The molecule has 10 nitrogen and oxygen atoms in total. The van der Waals surface area contributed by atoms with Crippen LogP contribution in [0, 0.1) is 5.41 Å². The lowest BCUT2D eigenvalue weighted by Crippen LogP contribution is -2.55. The summed E-state index contributed by atoms with van der Waals surface area (Å²) in [5.74, 6) is 2.24. The molecule has 0 aliphatic carbocycles. The number of hydrogen-bond acceptors (Lipinski definition) is 8. The second kappa shape index (κ2) is 9.27. The molecule has 3 unspecified atom stereocenters. The van der Waals surface area contributed by atoms with Crippen molar-refractivity contribution in [2.24, 2.45) is 5.41 Å². The highest BCUT2D eigenvalue weighted by atomic mass is 19.1.